The van der Waals surface area contributed by atoms with Crippen molar-refractivity contribution in [3.05, 3.63) is 59.2 Å². The van der Waals surface area contributed by atoms with Crippen LogP contribution in [0, 0.1) is 5.92 Å². The first kappa shape index (κ1) is 21.2. The number of hydrogen-bond acceptors (Lipinski definition) is 3. The van der Waals surface area contributed by atoms with Gasteiger partial charge in [-0.3, -0.25) is 4.79 Å². The van der Waals surface area contributed by atoms with Crippen molar-refractivity contribution in [2.45, 2.75) is 52.0 Å². The van der Waals surface area contributed by atoms with Crippen molar-refractivity contribution in [2.75, 3.05) is 20.8 Å². The van der Waals surface area contributed by atoms with Gasteiger partial charge in [0, 0.05) is 12.5 Å². The van der Waals surface area contributed by atoms with Crippen molar-refractivity contribution in [3.63, 3.8) is 0 Å². The molecule has 4 heteroatoms. The zero-order valence-corrected chi connectivity index (χ0v) is 18.1. The van der Waals surface area contributed by atoms with Gasteiger partial charge in [0.05, 0.1) is 20.3 Å². The van der Waals surface area contributed by atoms with Crippen molar-refractivity contribution in [1.82, 2.24) is 4.90 Å². The van der Waals surface area contributed by atoms with Crippen LogP contribution in [0.4, 0.5) is 0 Å². The van der Waals surface area contributed by atoms with E-state index >= 15 is 0 Å². The van der Waals surface area contributed by atoms with Crippen LogP contribution in [-0.4, -0.2) is 31.6 Å². The van der Waals surface area contributed by atoms with E-state index in [0.717, 1.165) is 55.5 Å². The summed E-state index contributed by atoms with van der Waals surface area (Å²) in [5.41, 5.74) is 3.50. The van der Waals surface area contributed by atoms with Gasteiger partial charge in [0.15, 0.2) is 11.5 Å². The van der Waals surface area contributed by atoms with Crippen LogP contribution >= 0.6 is 0 Å². The fourth-order valence-corrected chi connectivity index (χ4v) is 4.37. The van der Waals surface area contributed by atoms with Crippen LogP contribution in [-0.2, 0) is 11.2 Å². The fourth-order valence-electron chi connectivity index (χ4n) is 4.37. The van der Waals surface area contributed by atoms with Gasteiger partial charge < -0.3 is 14.4 Å². The summed E-state index contributed by atoms with van der Waals surface area (Å²) in [6.07, 6.45) is 4.88. The number of fused-ring (bicyclic) bond motifs is 1. The Kier molecular flexibility index (Phi) is 7.18. The van der Waals surface area contributed by atoms with Gasteiger partial charge in [-0.2, -0.15) is 0 Å². The maximum absolute atomic E-state index is 13.6. The molecule has 0 unspecified atom stereocenters. The highest BCUT2D eigenvalue weighted by molar-refractivity contribution is 5.80. The van der Waals surface area contributed by atoms with E-state index in [9.17, 15) is 4.79 Å². The molecule has 2 aromatic rings. The maximum Gasteiger partial charge on any atom is 0.226 e. The molecule has 1 amide bonds. The summed E-state index contributed by atoms with van der Waals surface area (Å²) in [6, 6.07) is 14.4. The Bertz CT molecular complexity index is 818. The molecule has 4 nitrogen and oxygen atoms in total. The lowest BCUT2D eigenvalue weighted by molar-refractivity contribution is -0.138. The van der Waals surface area contributed by atoms with E-state index in [1.165, 1.54) is 5.56 Å². The topological polar surface area (TPSA) is 38.8 Å². The molecule has 0 bridgehead atoms. The minimum atomic E-state index is -0.0945. The Balaban J connectivity index is 2.06. The third-order valence-electron chi connectivity index (χ3n) is 6.02. The number of benzene rings is 2. The predicted molar refractivity (Wildman–Crippen MR) is 117 cm³/mol. The normalized spacial score (nSPS) is 16.8. The first-order valence-corrected chi connectivity index (χ1v) is 10.7. The van der Waals surface area contributed by atoms with E-state index < -0.39 is 0 Å². The molecule has 2 atom stereocenters. The van der Waals surface area contributed by atoms with Crippen molar-refractivity contribution in [1.29, 1.82) is 0 Å². The Labute approximate surface area is 174 Å². The molecule has 156 valence electrons. The third-order valence-corrected chi connectivity index (χ3v) is 6.02. The van der Waals surface area contributed by atoms with Gasteiger partial charge in [-0.1, -0.05) is 57.0 Å². The zero-order chi connectivity index (χ0) is 20.8. The molecule has 0 fully saturated rings. The zero-order valence-electron chi connectivity index (χ0n) is 18.1. The van der Waals surface area contributed by atoms with Gasteiger partial charge in [-0.15, -0.1) is 0 Å². The summed E-state index contributed by atoms with van der Waals surface area (Å²) in [7, 11) is 3.32. The predicted octanol–water partition coefficient (Wildman–Crippen LogP) is 5.39. The number of rotatable bonds is 8. The first-order chi connectivity index (χ1) is 14.1. The molecule has 0 radical (unpaired) electrons. The lowest BCUT2D eigenvalue weighted by Gasteiger charge is -2.40. The Morgan fingerprint density at radius 3 is 2.41 bits per heavy atom. The van der Waals surface area contributed by atoms with Crippen LogP contribution in [0.5, 0.6) is 11.5 Å². The Morgan fingerprint density at radius 2 is 1.79 bits per heavy atom. The van der Waals surface area contributed by atoms with Crippen molar-refractivity contribution in [3.8, 4) is 11.5 Å². The fraction of sp³-hybridized carbons (Fsp3) is 0.480. The highest BCUT2D eigenvalue weighted by Gasteiger charge is 2.35. The average molecular weight is 396 g/mol. The van der Waals surface area contributed by atoms with Gasteiger partial charge in [0.25, 0.3) is 0 Å². The quantitative estimate of drug-likeness (QED) is 0.601. The summed E-state index contributed by atoms with van der Waals surface area (Å²) in [6.45, 7) is 5.03. The van der Waals surface area contributed by atoms with Crippen LogP contribution in [0.25, 0.3) is 0 Å². The highest BCUT2D eigenvalue weighted by Crippen LogP contribution is 2.41. The third kappa shape index (κ3) is 4.42. The summed E-state index contributed by atoms with van der Waals surface area (Å²) in [5.74, 6) is 1.81. The van der Waals surface area contributed by atoms with E-state index in [-0.39, 0.29) is 17.9 Å². The van der Waals surface area contributed by atoms with Crippen molar-refractivity contribution in [2.24, 2.45) is 5.92 Å². The SMILES string of the molecule is CCCC[C@H](CC)C(=O)N1CCc2cc(OC)c(OC)cc2[C@H]1c1ccccc1. The summed E-state index contributed by atoms with van der Waals surface area (Å²) < 4.78 is 11.1. The van der Waals surface area contributed by atoms with Crippen molar-refractivity contribution >= 4 is 5.91 Å². The minimum Gasteiger partial charge on any atom is -0.493 e. The second kappa shape index (κ2) is 9.82. The maximum atomic E-state index is 13.6. The van der Waals surface area contributed by atoms with E-state index in [2.05, 4.69) is 43.0 Å². The molecule has 1 aliphatic rings. The van der Waals surface area contributed by atoms with Crippen LogP contribution in [0.2, 0.25) is 0 Å². The first-order valence-electron chi connectivity index (χ1n) is 10.7. The lowest BCUT2D eigenvalue weighted by atomic mass is 9.86. The number of unbranched alkanes of at least 4 members (excludes halogenated alkanes) is 1. The highest BCUT2D eigenvalue weighted by atomic mass is 16.5. The van der Waals surface area contributed by atoms with Gasteiger partial charge in [0.1, 0.15) is 0 Å². The summed E-state index contributed by atoms with van der Waals surface area (Å²) in [5, 5.41) is 0. The van der Waals surface area contributed by atoms with Gasteiger partial charge in [0.2, 0.25) is 5.91 Å². The lowest BCUT2D eigenvalue weighted by Crippen LogP contribution is -2.43. The molecule has 1 heterocycles. The van der Waals surface area contributed by atoms with Crippen LogP contribution in [0.15, 0.2) is 42.5 Å². The van der Waals surface area contributed by atoms with E-state index in [1.54, 1.807) is 14.2 Å². The number of nitrogens with zero attached hydrogens (tertiary/aromatic N) is 1. The smallest absolute Gasteiger partial charge is 0.226 e. The number of carbonyl (C=O) groups is 1. The number of amides is 1. The standard InChI is InChI=1S/C25H33NO3/c1-5-7-11-18(6-2)25(27)26-15-14-20-16-22(28-3)23(29-4)17-21(20)24(26)19-12-9-8-10-13-19/h8-10,12-13,16-18,24H,5-7,11,14-15H2,1-4H3/t18-,24+/m0/s1. The van der Waals surface area contributed by atoms with E-state index in [4.69, 9.17) is 9.47 Å². The summed E-state index contributed by atoms with van der Waals surface area (Å²) >= 11 is 0. The summed E-state index contributed by atoms with van der Waals surface area (Å²) in [4.78, 5) is 15.7. The molecule has 0 spiro atoms. The monoisotopic (exact) mass is 395 g/mol. The molecule has 0 saturated carbocycles. The van der Waals surface area contributed by atoms with Gasteiger partial charge >= 0.3 is 0 Å². The van der Waals surface area contributed by atoms with Gasteiger partial charge in [-0.25, -0.2) is 0 Å². The molecule has 0 N–H and O–H groups in total. The molecular formula is C25H33NO3. The molecule has 3 rings (SSSR count). The molecule has 29 heavy (non-hydrogen) atoms. The minimum absolute atomic E-state index is 0.0860. The largest absolute Gasteiger partial charge is 0.493 e. The Morgan fingerprint density at radius 1 is 1.10 bits per heavy atom. The molecule has 0 aliphatic carbocycles. The van der Waals surface area contributed by atoms with Gasteiger partial charge in [-0.05, 0) is 48.1 Å². The number of ether oxygens (including phenoxy) is 2. The molecule has 1 aliphatic heterocycles. The second-order valence-corrected chi connectivity index (χ2v) is 7.75. The number of carbonyl (C=O) groups excluding carboxylic acids is 1. The average Bonchev–Trinajstić information content (AvgIpc) is 2.78. The van der Waals surface area contributed by atoms with Crippen LogP contribution in [0.1, 0.15) is 62.3 Å². The van der Waals surface area contributed by atoms with Crippen LogP contribution < -0.4 is 9.47 Å². The molecule has 2 aromatic carbocycles. The molecular weight excluding hydrogens is 362 g/mol. The van der Waals surface area contributed by atoms with E-state index in [1.807, 2.05) is 18.2 Å². The molecule has 0 aromatic heterocycles. The van der Waals surface area contributed by atoms with Crippen molar-refractivity contribution < 1.29 is 14.3 Å². The van der Waals surface area contributed by atoms with E-state index in [0.29, 0.717) is 5.75 Å². The number of methoxy groups -OCH3 is 2. The van der Waals surface area contributed by atoms with Crippen LogP contribution in [0.3, 0.4) is 0 Å². The molecule has 0 saturated heterocycles. The number of hydrogen-bond donors (Lipinski definition) is 0. The second-order valence-electron chi connectivity index (χ2n) is 7.75. The Hall–Kier alpha value is -2.49.